The summed E-state index contributed by atoms with van der Waals surface area (Å²) in [7, 11) is 0. The Labute approximate surface area is 90.9 Å². The van der Waals surface area contributed by atoms with Gasteiger partial charge < -0.3 is 15.1 Å². The quantitative estimate of drug-likeness (QED) is 0.702. The largest absolute Gasteiger partial charge is 0.465 e. The highest BCUT2D eigenvalue weighted by molar-refractivity contribution is 5.66. The molecule has 15 heavy (non-hydrogen) atoms. The molecule has 0 radical (unpaired) electrons. The third-order valence-electron chi connectivity index (χ3n) is 3.07. The summed E-state index contributed by atoms with van der Waals surface area (Å²) >= 11 is 0. The van der Waals surface area contributed by atoms with Crippen LogP contribution in [0.1, 0.15) is 40.5 Å². The normalized spacial score (nSPS) is 31.7. The van der Waals surface area contributed by atoms with Crippen LogP contribution >= 0.6 is 0 Å². The molecule has 4 nitrogen and oxygen atoms in total. The van der Waals surface area contributed by atoms with Gasteiger partial charge in [0.15, 0.2) is 0 Å². The van der Waals surface area contributed by atoms with E-state index >= 15 is 0 Å². The molecule has 3 atom stereocenters. The second kappa shape index (κ2) is 4.00. The zero-order valence-corrected chi connectivity index (χ0v) is 9.90. The van der Waals surface area contributed by atoms with Gasteiger partial charge in [0.1, 0.15) is 0 Å². The molecule has 1 amide bonds. The van der Waals surface area contributed by atoms with E-state index in [4.69, 9.17) is 0 Å². The van der Waals surface area contributed by atoms with Gasteiger partial charge in [0, 0.05) is 11.6 Å². The van der Waals surface area contributed by atoms with Gasteiger partial charge in [0.2, 0.25) is 0 Å². The molecule has 88 valence electrons. The fourth-order valence-electron chi connectivity index (χ4n) is 2.48. The third-order valence-corrected chi connectivity index (χ3v) is 3.07. The number of nitrogens with zero attached hydrogens (tertiary/aromatic N) is 1. The minimum absolute atomic E-state index is 0.0579. The Hall–Kier alpha value is -0.770. The van der Waals surface area contributed by atoms with Crippen molar-refractivity contribution in [3.63, 3.8) is 0 Å². The van der Waals surface area contributed by atoms with Crippen LogP contribution in [-0.4, -0.2) is 38.9 Å². The number of hydrogen-bond donors (Lipinski definition) is 2. The summed E-state index contributed by atoms with van der Waals surface area (Å²) in [6, 6.07) is -0.0579. The van der Waals surface area contributed by atoms with Crippen molar-refractivity contribution in [2.75, 3.05) is 0 Å². The maximum Gasteiger partial charge on any atom is 0.407 e. The van der Waals surface area contributed by atoms with Gasteiger partial charge in [-0.3, -0.25) is 0 Å². The first-order chi connectivity index (χ1) is 6.73. The van der Waals surface area contributed by atoms with Gasteiger partial charge in [-0.2, -0.15) is 0 Å². The molecule has 0 aromatic rings. The molecule has 1 rings (SSSR count). The zero-order valence-electron chi connectivity index (χ0n) is 9.90. The first-order valence-electron chi connectivity index (χ1n) is 5.44. The van der Waals surface area contributed by atoms with E-state index in [1.165, 1.54) is 4.90 Å². The molecule has 1 aliphatic carbocycles. The Balaban J connectivity index is 2.86. The van der Waals surface area contributed by atoms with Crippen molar-refractivity contribution in [2.45, 2.75) is 58.2 Å². The monoisotopic (exact) mass is 215 g/mol. The molecule has 1 fully saturated rings. The highest BCUT2D eigenvalue weighted by Crippen LogP contribution is 2.33. The summed E-state index contributed by atoms with van der Waals surface area (Å²) in [5.41, 5.74) is -0.408. The maximum atomic E-state index is 11.2. The molecule has 0 spiro atoms. The van der Waals surface area contributed by atoms with Crippen LogP contribution in [0, 0.1) is 5.92 Å². The van der Waals surface area contributed by atoms with Crippen LogP contribution in [-0.2, 0) is 0 Å². The lowest BCUT2D eigenvalue weighted by molar-refractivity contribution is 0.0563. The second-order valence-electron chi connectivity index (χ2n) is 5.49. The summed E-state index contributed by atoms with van der Waals surface area (Å²) in [6.45, 7) is 7.66. The summed E-state index contributed by atoms with van der Waals surface area (Å²) in [6.07, 6.45) is 0.0116. The molecule has 0 bridgehead atoms. The van der Waals surface area contributed by atoms with E-state index in [-0.39, 0.29) is 18.1 Å². The van der Waals surface area contributed by atoms with E-state index in [0.717, 1.165) is 0 Å². The number of hydrogen-bond acceptors (Lipinski definition) is 2. The number of carboxylic acid groups (broad SMARTS) is 1. The predicted octanol–water partition coefficient (Wildman–Crippen LogP) is 1.92. The van der Waals surface area contributed by atoms with Gasteiger partial charge in [0.25, 0.3) is 0 Å². The fourth-order valence-corrected chi connectivity index (χ4v) is 2.48. The van der Waals surface area contributed by atoms with Gasteiger partial charge in [-0.25, -0.2) is 4.79 Å². The second-order valence-corrected chi connectivity index (χ2v) is 5.49. The smallest absolute Gasteiger partial charge is 0.407 e. The molecule has 0 aliphatic heterocycles. The summed E-state index contributed by atoms with van der Waals surface area (Å²) in [4.78, 5) is 12.7. The summed E-state index contributed by atoms with van der Waals surface area (Å²) < 4.78 is 0. The molecular weight excluding hydrogens is 194 g/mol. The van der Waals surface area contributed by atoms with Gasteiger partial charge >= 0.3 is 6.09 Å². The number of amides is 1. The van der Waals surface area contributed by atoms with E-state index in [1.807, 2.05) is 27.7 Å². The van der Waals surface area contributed by atoms with Crippen molar-refractivity contribution in [3.8, 4) is 0 Å². The number of aliphatic hydroxyl groups is 1. The average molecular weight is 215 g/mol. The Morgan fingerprint density at radius 1 is 1.33 bits per heavy atom. The van der Waals surface area contributed by atoms with Crippen molar-refractivity contribution in [3.05, 3.63) is 0 Å². The molecule has 0 saturated heterocycles. The van der Waals surface area contributed by atoms with Gasteiger partial charge in [-0.05, 0) is 39.5 Å². The zero-order chi connectivity index (χ0) is 11.8. The molecule has 0 aromatic heterocycles. The van der Waals surface area contributed by atoms with Crippen LogP contribution in [0.2, 0.25) is 0 Å². The summed E-state index contributed by atoms with van der Waals surface area (Å²) in [5.74, 6) is 0.232. The van der Waals surface area contributed by atoms with Crippen molar-refractivity contribution in [2.24, 2.45) is 5.92 Å². The highest BCUT2D eigenvalue weighted by Gasteiger charge is 2.41. The van der Waals surface area contributed by atoms with Crippen LogP contribution in [0.5, 0.6) is 0 Å². The maximum absolute atomic E-state index is 11.2. The Kier molecular flexibility index (Phi) is 3.28. The standard InChI is InChI=1S/C11H21NO3/c1-7-5-8(13)6-9(7)12(10(14)15)11(2,3)4/h7-9,13H,5-6H2,1-4H3,(H,14,15)/t7-,8-,9+/m1/s1. The molecule has 0 aromatic carbocycles. The molecule has 2 N–H and O–H groups in total. The van der Waals surface area contributed by atoms with Gasteiger partial charge in [0.05, 0.1) is 6.10 Å². The first-order valence-corrected chi connectivity index (χ1v) is 5.44. The van der Waals surface area contributed by atoms with Crippen LogP contribution in [0.3, 0.4) is 0 Å². The van der Waals surface area contributed by atoms with Crippen LogP contribution in [0.25, 0.3) is 0 Å². The lowest BCUT2D eigenvalue weighted by Gasteiger charge is -2.39. The van der Waals surface area contributed by atoms with E-state index in [1.54, 1.807) is 0 Å². The van der Waals surface area contributed by atoms with Crippen molar-refractivity contribution in [1.29, 1.82) is 0 Å². The average Bonchev–Trinajstić information content (AvgIpc) is 2.26. The topological polar surface area (TPSA) is 60.8 Å². The Morgan fingerprint density at radius 3 is 2.13 bits per heavy atom. The minimum Gasteiger partial charge on any atom is -0.465 e. The number of aliphatic hydroxyl groups excluding tert-OH is 1. The third kappa shape index (κ3) is 2.62. The van der Waals surface area contributed by atoms with Crippen molar-refractivity contribution in [1.82, 2.24) is 4.90 Å². The molecule has 1 saturated carbocycles. The summed E-state index contributed by atoms with van der Waals surface area (Å²) in [5, 5.41) is 18.8. The van der Waals surface area contributed by atoms with Crippen LogP contribution < -0.4 is 0 Å². The lowest BCUT2D eigenvalue weighted by atomic mass is 9.98. The van der Waals surface area contributed by atoms with Crippen molar-refractivity contribution < 1.29 is 15.0 Å². The van der Waals surface area contributed by atoms with Gasteiger partial charge in [-0.1, -0.05) is 6.92 Å². The minimum atomic E-state index is -0.895. The fraction of sp³-hybridized carbons (Fsp3) is 0.909. The van der Waals surface area contributed by atoms with E-state index in [0.29, 0.717) is 12.8 Å². The first kappa shape index (κ1) is 12.3. The molecule has 1 aliphatic rings. The molecule has 4 heteroatoms. The van der Waals surface area contributed by atoms with Gasteiger partial charge in [-0.15, -0.1) is 0 Å². The van der Waals surface area contributed by atoms with E-state index in [2.05, 4.69) is 0 Å². The van der Waals surface area contributed by atoms with Crippen molar-refractivity contribution >= 4 is 6.09 Å². The Morgan fingerprint density at radius 2 is 1.87 bits per heavy atom. The predicted molar refractivity (Wildman–Crippen MR) is 57.8 cm³/mol. The molecule has 0 unspecified atom stereocenters. The lowest BCUT2D eigenvalue weighted by Crippen LogP contribution is -2.52. The highest BCUT2D eigenvalue weighted by atomic mass is 16.4. The van der Waals surface area contributed by atoms with E-state index < -0.39 is 11.6 Å². The SMILES string of the molecule is C[C@@H]1C[C@@H](O)C[C@@H]1N(C(=O)O)C(C)(C)C. The molecule has 0 heterocycles. The van der Waals surface area contributed by atoms with E-state index in [9.17, 15) is 15.0 Å². The van der Waals surface area contributed by atoms with Crippen LogP contribution in [0.4, 0.5) is 4.79 Å². The number of carbonyl (C=O) groups is 1. The molecular formula is C11H21NO3. The Bertz CT molecular complexity index is 247. The van der Waals surface area contributed by atoms with Crippen LogP contribution in [0.15, 0.2) is 0 Å². The number of rotatable bonds is 1.